The summed E-state index contributed by atoms with van der Waals surface area (Å²) in [5, 5.41) is 21.2. The number of aromatic nitrogens is 2. The number of carboxylic acid groups (broad SMARTS) is 1. The Morgan fingerprint density at radius 2 is 2.22 bits per heavy atom. The van der Waals surface area contributed by atoms with E-state index < -0.39 is 18.6 Å². The highest BCUT2D eigenvalue weighted by molar-refractivity contribution is 9.10. The Morgan fingerprint density at radius 3 is 2.89 bits per heavy atom. The van der Waals surface area contributed by atoms with Gasteiger partial charge in [0.15, 0.2) is 0 Å². The van der Waals surface area contributed by atoms with E-state index in [1.54, 1.807) is 12.1 Å². The highest BCUT2D eigenvalue weighted by atomic mass is 79.9. The molecule has 0 saturated carbocycles. The summed E-state index contributed by atoms with van der Waals surface area (Å²) < 4.78 is 0.837. The number of anilines is 1. The number of aliphatic hydroxyl groups is 1. The van der Waals surface area contributed by atoms with E-state index in [1.807, 2.05) is 6.07 Å². The molecule has 1 aromatic heterocycles. The van der Waals surface area contributed by atoms with Gasteiger partial charge in [0.1, 0.15) is 18.2 Å². The summed E-state index contributed by atoms with van der Waals surface area (Å²) in [5.74, 6) is -0.762. The van der Waals surface area contributed by atoms with Gasteiger partial charge in [0, 0.05) is 9.86 Å². The molecule has 0 fully saturated rings. The van der Waals surface area contributed by atoms with Crippen LogP contribution < -0.4 is 5.32 Å². The fourth-order valence-corrected chi connectivity index (χ4v) is 1.86. The largest absolute Gasteiger partial charge is 0.480 e. The Kier molecular flexibility index (Phi) is 3.73. The van der Waals surface area contributed by atoms with E-state index in [0.717, 1.165) is 4.47 Å². The van der Waals surface area contributed by atoms with Crippen LogP contribution in [0.25, 0.3) is 10.9 Å². The molecule has 0 aliphatic heterocycles. The van der Waals surface area contributed by atoms with Crippen LogP contribution in [0.5, 0.6) is 0 Å². The van der Waals surface area contributed by atoms with Crippen LogP contribution in [0.3, 0.4) is 0 Å². The maximum absolute atomic E-state index is 10.9. The molecule has 2 aromatic rings. The second-order valence-electron chi connectivity index (χ2n) is 3.60. The molecule has 2 rings (SSSR count). The summed E-state index contributed by atoms with van der Waals surface area (Å²) in [4.78, 5) is 18.9. The molecule has 3 N–H and O–H groups in total. The molecule has 0 unspecified atom stereocenters. The first-order chi connectivity index (χ1) is 8.61. The molecule has 0 aliphatic rings. The second-order valence-corrected chi connectivity index (χ2v) is 4.52. The van der Waals surface area contributed by atoms with Crippen molar-refractivity contribution in [3.05, 3.63) is 29.0 Å². The maximum atomic E-state index is 10.9. The lowest BCUT2D eigenvalue weighted by atomic mass is 10.2. The maximum Gasteiger partial charge on any atom is 0.328 e. The third kappa shape index (κ3) is 2.57. The summed E-state index contributed by atoms with van der Waals surface area (Å²) in [7, 11) is 0. The fourth-order valence-electron chi connectivity index (χ4n) is 1.49. The first kappa shape index (κ1) is 12.7. The summed E-state index contributed by atoms with van der Waals surface area (Å²) in [6, 6.07) is 4.32. The van der Waals surface area contributed by atoms with Crippen molar-refractivity contribution < 1.29 is 15.0 Å². The van der Waals surface area contributed by atoms with Gasteiger partial charge in [-0.25, -0.2) is 14.8 Å². The predicted octanol–water partition coefficient (Wildman–Crippen LogP) is 1.25. The average molecular weight is 312 g/mol. The Labute approximate surface area is 111 Å². The number of aliphatic hydroxyl groups excluding tert-OH is 1. The molecular weight excluding hydrogens is 302 g/mol. The monoisotopic (exact) mass is 311 g/mol. The van der Waals surface area contributed by atoms with Gasteiger partial charge < -0.3 is 15.5 Å². The Bertz CT molecular complexity index is 591. The molecular formula is C11H10BrN3O3. The lowest BCUT2D eigenvalue weighted by Gasteiger charge is -2.13. The van der Waals surface area contributed by atoms with E-state index in [0.29, 0.717) is 16.7 Å². The molecule has 18 heavy (non-hydrogen) atoms. The number of carbonyl (C=O) groups is 1. The van der Waals surface area contributed by atoms with Crippen molar-refractivity contribution in [3.8, 4) is 0 Å². The van der Waals surface area contributed by atoms with Gasteiger partial charge in [-0.1, -0.05) is 15.9 Å². The van der Waals surface area contributed by atoms with Crippen LogP contribution in [0.15, 0.2) is 29.0 Å². The summed E-state index contributed by atoms with van der Waals surface area (Å²) in [5.41, 5.74) is 0.692. The first-order valence-corrected chi connectivity index (χ1v) is 5.91. The van der Waals surface area contributed by atoms with Gasteiger partial charge in [-0.3, -0.25) is 0 Å². The molecule has 1 heterocycles. The Hall–Kier alpha value is -1.73. The smallest absolute Gasteiger partial charge is 0.328 e. The number of benzene rings is 1. The quantitative estimate of drug-likeness (QED) is 0.786. The summed E-state index contributed by atoms with van der Waals surface area (Å²) >= 11 is 3.33. The van der Waals surface area contributed by atoms with Crippen molar-refractivity contribution in [2.24, 2.45) is 0 Å². The molecule has 0 aliphatic carbocycles. The first-order valence-electron chi connectivity index (χ1n) is 5.12. The number of carboxylic acids is 1. The van der Waals surface area contributed by atoms with Gasteiger partial charge in [-0.15, -0.1) is 0 Å². The van der Waals surface area contributed by atoms with Crippen LogP contribution in [0.2, 0.25) is 0 Å². The van der Waals surface area contributed by atoms with Crippen molar-refractivity contribution in [1.82, 2.24) is 9.97 Å². The van der Waals surface area contributed by atoms with E-state index in [2.05, 4.69) is 31.2 Å². The zero-order chi connectivity index (χ0) is 13.1. The van der Waals surface area contributed by atoms with Gasteiger partial charge in [0.25, 0.3) is 0 Å². The molecule has 1 atom stereocenters. The normalized spacial score (nSPS) is 12.3. The minimum absolute atomic E-state index is 0.378. The van der Waals surface area contributed by atoms with Crippen LogP contribution >= 0.6 is 15.9 Å². The van der Waals surface area contributed by atoms with Crippen molar-refractivity contribution in [1.29, 1.82) is 0 Å². The van der Waals surface area contributed by atoms with Crippen molar-refractivity contribution in [2.75, 3.05) is 11.9 Å². The van der Waals surface area contributed by atoms with E-state index >= 15 is 0 Å². The Morgan fingerprint density at radius 1 is 1.44 bits per heavy atom. The number of hydrogen-bond acceptors (Lipinski definition) is 5. The Balaban J connectivity index is 2.44. The highest BCUT2D eigenvalue weighted by Crippen LogP contribution is 2.23. The molecule has 0 amide bonds. The van der Waals surface area contributed by atoms with E-state index in [4.69, 9.17) is 10.2 Å². The number of hydrogen-bond donors (Lipinski definition) is 3. The molecule has 0 radical (unpaired) electrons. The molecule has 7 heteroatoms. The van der Waals surface area contributed by atoms with Crippen LogP contribution in [0.1, 0.15) is 0 Å². The highest BCUT2D eigenvalue weighted by Gasteiger charge is 2.17. The molecule has 0 saturated heterocycles. The van der Waals surface area contributed by atoms with Crippen LogP contribution in [-0.4, -0.2) is 38.8 Å². The summed E-state index contributed by atoms with van der Waals surface area (Å²) in [6.45, 7) is -0.519. The van der Waals surface area contributed by atoms with Gasteiger partial charge >= 0.3 is 5.97 Å². The van der Waals surface area contributed by atoms with Crippen molar-refractivity contribution in [2.45, 2.75) is 6.04 Å². The van der Waals surface area contributed by atoms with Crippen molar-refractivity contribution >= 4 is 38.6 Å². The molecule has 1 aromatic carbocycles. The topological polar surface area (TPSA) is 95.3 Å². The number of nitrogens with one attached hydrogen (secondary N) is 1. The lowest BCUT2D eigenvalue weighted by molar-refractivity contribution is -0.138. The number of rotatable bonds is 4. The van der Waals surface area contributed by atoms with Crippen LogP contribution in [-0.2, 0) is 4.79 Å². The molecule has 94 valence electrons. The molecule has 0 bridgehead atoms. The van der Waals surface area contributed by atoms with Gasteiger partial charge in [-0.05, 0) is 18.2 Å². The van der Waals surface area contributed by atoms with Crippen LogP contribution in [0, 0.1) is 0 Å². The second kappa shape index (κ2) is 5.28. The minimum Gasteiger partial charge on any atom is -0.480 e. The SMILES string of the molecule is O=C(O)[C@H](CO)Nc1ncnc2ccc(Br)cc12. The third-order valence-electron chi connectivity index (χ3n) is 2.39. The van der Waals surface area contributed by atoms with Gasteiger partial charge in [-0.2, -0.15) is 0 Å². The minimum atomic E-state index is -1.14. The molecule has 6 nitrogen and oxygen atoms in total. The van der Waals surface area contributed by atoms with Crippen LogP contribution in [0.4, 0.5) is 5.82 Å². The predicted molar refractivity (Wildman–Crippen MR) is 69.4 cm³/mol. The zero-order valence-corrected chi connectivity index (χ0v) is 10.8. The average Bonchev–Trinajstić information content (AvgIpc) is 2.35. The zero-order valence-electron chi connectivity index (χ0n) is 9.17. The number of aliphatic carboxylic acids is 1. The van der Waals surface area contributed by atoms with E-state index in [9.17, 15) is 4.79 Å². The number of halogens is 1. The lowest BCUT2D eigenvalue weighted by Crippen LogP contribution is -2.33. The van der Waals surface area contributed by atoms with Gasteiger partial charge in [0.05, 0.1) is 12.1 Å². The van der Waals surface area contributed by atoms with E-state index in [-0.39, 0.29) is 0 Å². The summed E-state index contributed by atoms with van der Waals surface area (Å²) in [6.07, 6.45) is 1.34. The number of nitrogens with zero attached hydrogens (tertiary/aromatic N) is 2. The number of fused-ring (bicyclic) bond motifs is 1. The fraction of sp³-hybridized carbons (Fsp3) is 0.182. The van der Waals surface area contributed by atoms with Crippen molar-refractivity contribution in [3.63, 3.8) is 0 Å². The standard InChI is InChI=1S/C11H10BrN3O3/c12-6-1-2-8-7(3-6)10(14-5-13-8)15-9(4-16)11(17)18/h1-3,5,9,16H,4H2,(H,17,18)(H,13,14,15)/t9-/m0/s1. The third-order valence-corrected chi connectivity index (χ3v) is 2.88. The molecule has 0 spiro atoms. The van der Waals surface area contributed by atoms with E-state index in [1.165, 1.54) is 6.33 Å². The van der Waals surface area contributed by atoms with Gasteiger partial charge in [0.2, 0.25) is 0 Å².